The molecule has 1 aromatic heterocycles. The molecule has 1 aromatic carbocycles. The van der Waals surface area contributed by atoms with E-state index in [1.165, 1.54) is 0 Å². The molecule has 0 radical (unpaired) electrons. The average molecular weight is 259 g/mol. The lowest BCUT2D eigenvalue weighted by atomic mass is 9.81. The first-order valence-corrected chi connectivity index (χ1v) is 6.02. The molecule has 1 unspecified atom stereocenters. The maximum atomic E-state index is 11.0. The van der Waals surface area contributed by atoms with Gasteiger partial charge in [0.05, 0.1) is 5.69 Å². The molecule has 0 saturated heterocycles. The van der Waals surface area contributed by atoms with Crippen LogP contribution in [0, 0.1) is 0 Å². The van der Waals surface area contributed by atoms with Crippen LogP contribution >= 0.6 is 0 Å². The van der Waals surface area contributed by atoms with Gasteiger partial charge in [0.25, 0.3) is 0 Å². The van der Waals surface area contributed by atoms with Crippen LogP contribution in [0.1, 0.15) is 19.5 Å². The first-order valence-electron chi connectivity index (χ1n) is 6.02. The fourth-order valence-corrected chi connectivity index (χ4v) is 1.88. The third-order valence-corrected chi connectivity index (χ3v) is 3.39. The normalized spacial score (nSPS) is 13.2. The van der Waals surface area contributed by atoms with Crippen LogP contribution in [-0.4, -0.2) is 27.3 Å². The molecular weight excluding hydrogens is 242 g/mol. The third kappa shape index (κ3) is 2.51. The van der Waals surface area contributed by atoms with Gasteiger partial charge in [-0.3, -0.25) is 9.89 Å². The second-order valence-electron chi connectivity index (χ2n) is 5.07. The lowest BCUT2D eigenvalue weighted by Crippen LogP contribution is -2.47. The number of nitrogens with one attached hydrogen (secondary N) is 1. The average Bonchev–Trinajstić information content (AvgIpc) is 2.89. The van der Waals surface area contributed by atoms with Crippen LogP contribution in [-0.2, 0) is 10.2 Å². The minimum atomic E-state index is -1.03. The molecule has 2 rings (SSSR count). The summed E-state index contributed by atoms with van der Waals surface area (Å²) in [6.45, 7) is 3.57. The Bertz CT molecular complexity index is 575. The van der Waals surface area contributed by atoms with Gasteiger partial charge in [0.2, 0.25) is 0 Å². The van der Waals surface area contributed by atoms with Crippen molar-refractivity contribution in [3.05, 3.63) is 42.1 Å². The zero-order valence-electron chi connectivity index (χ0n) is 10.9. The topological polar surface area (TPSA) is 92.0 Å². The van der Waals surface area contributed by atoms with Gasteiger partial charge >= 0.3 is 5.97 Å². The van der Waals surface area contributed by atoms with Crippen molar-refractivity contribution in [3.8, 4) is 11.3 Å². The molecule has 19 heavy (non-hydrogen) atoms. The summed E-state index contributed by atoms with van der Waals surface area (Å²) in [5.74, 6) is -1.03. The fourth-order valence-electron chi connectivity index (χ4n) is 1.88. The van der Waals surface area contributed by atoms with Crippen molar-refractivity contribution in [3.63, 3.8) is 0 Å². The molecule has 100 valence electrons. The zero-order chi connectivity index (χ0) is 14.0. The van der Waals surface area contributed by atoms with E-state index in [1.54, 1.807) is 13.8 Å². The van der Waals surface area contributed by atoms with Crippen LogP contribution < -0.4 is 5.73 Å². The van der Waals surface area contributed by atoms with Crippen molar-refractivity contribution >= 4 is 5.97 Å². The Morgan fingerprint density at radius 1 is 1.37 bits per heavy atom. The van der Waals surface area contributed by atoms with E-state index in [0.29, 0.717) is 5.69 Å². The van der Waals surface area contributed by atoms with E-state index in [2.05, 4.69) is 10.2 Å². The Balaban J connectivity index is 2.34. The van der Waals surface area contributed by atoms with E-state index in [0.717, 1.165) is 11.3 Å². The maximum Gasteiger partial charge on any atom is 0.321 e. The standard InChI is InChI=1S/C14H17N3O2/c1-14(2,12(15)13(18)19)11-8-10(16-17-11)9-6-4-3-5-7-9/h3-8,12H,15H2,1-2H3,(H,16,17)(H,18,19). The Kier molecular flexibility index (Phi) is 3.40. The summed E-state index contributed by atoms with van der Waals surface area (Å²) in [5, 5.41) is 16.2. The highest BCUT2D eigenvalue weighted by molar-refractivity contribution is 5.75. The molecule has 0 fully saturated rings. The van der Waals surface area contributed by atoms with Gasteiger partial charge < -0.3 is 10.8 Å². The number of carbonyl (C=O) groups is 1. The van der Waals surface area contributed by atoms with Gasteiger partial charge in [-0.15, -0.1) is 0 Å². The van der Waals surface area contributed by atoms with Crippen molar-refractivity contribution < 1.29 is 9.90 Å². The first-order chi connectivity index (χ1) is 8.93. The largest absolute Gasteiger partial charge is 0.480 e. The Labute approximate surface area is 111 Å². The van der Waals surface area contributed by atoms with Crippen LogP contribution in [0.15, 0.2) is 36.4 Å². The molecule has 0 aliphatic heterocycles. The summed E-state index contributed by atoms with van der Waals surface area (Å²) in [5.41, 5.74) is 7.48. The molecule has 4 N–H and O–H groups in total. The number of aromatic amines is 1. The van der Waals surface area contributed by atoms with Gasteiger partial charge in [-0.25, -0.2) is 0 Å². The predicted molar refractivity (Wildman–Crippen MR) is 72.7 cm³/mol. The Morgan fingerprint density at radius 3 is 2.58 bits per heavy atom. The SMILES string of the molecule is CC(C)(c1cc(-c2ccccc2)n[nH]1)C(N)C(=O)O. The van der Waals surface area contributed by atoms with Gasteiger partial charge in [0.1, 0.15) is 6.04 Å². The lowest BCUT2D eigenvalue weighted by Gasteiger charge is -2.26. The quantitative estimate of drug-likeness (QED) is 0.780. The predicted octanol–water partition coefficient (Wildman–Crippen LogP) is 1.77. The van der Waals surface area contributed by atoms with Gasteiger partial charge in [0.15, 0.2) is 0 Å². The van der Waals surface area contributed by atoms with Crippen molar-refractivity contribution in [2.75, 3.05) is 0 Å². The summed E-state index contributed by atoms with van der Waals surface area (Å²) < 4.78 is 0. The number of nitrogens with two attached hydrogens (primary N) is 1. The minimum absolute atomic E-state index is 0.709. The molecular formula is C14H17N3O2. The lowest BCUT2D eigenvalue weighted by molar-refractivity contribution is -0.140. The number of aliphatic carboxylic acids is 1. The highest BCUT2D eigenvalue weighted by atomic mass is 16.4. The van der Waals surface area contributed by atoms with Gasteiger partial charge in [-0.05, 0) is 6.07 Å². The summed E-state index contributed by atoms with van der Waals surface area (Å²) in [4.78, 5) is 11.0. The van der Waals surface area contributed by atoms with E-state index >= 15 is 0 Å². The molecule has 1 heterocycles. The number of hydrogen-bond acceptors (Lipinski definition) is 3. The van der Waals surface area contributed by atoms with Gasteiger partial charge in [-0.1, -0.05) is 44.2 Å². The highest BCUT2D eigenvalue weighted by Crippen LogP contribution is 2.28. The van der Waals surface area contributed by atoms with Gasteiger partial charge in [-0.2, -0.15) is 5.10 Å². The number of nitrogens with zero attached hydrogens (tertiary/aromatic N) is 1. The summed E-state index contributed by atoms with van der Waals surface area (Å²) in [6, 6.07) is 10.5. The molecule has 0 amide bonds. The minimum Gasteiger partial charge on any atom is -0.480 e. The number of carboxylic acid groups (broad SMARTS) is 1. The van der Waals surface area contributed by atoms with Crippen molar-refractivity contribution in [2.45, 2.75) is 25.3 Å². The summed E-state index contributed by atoms with van der Waals surface area (Å²) >= 11 is 0. The Morgan fingerprint density at radius 2 is 2.00 bits per heavy atom. The fraction of sp³-hybridized carbons (Fsp3) is 0.286. The molecule has 5 nitrogen and oxygen atoms in total. The van der Waals surface area contributed by atoms with Crippen molar-refractivity contribution in [1.29, 1.82) is 0 Å². The van der Waals surface area contributed by atoms with Crippen molar-refractivity contribution in [2.24, 2.45) is 5.73 Å². The maximum absolute atomic E-state index is 11.0. The number of carboxylic acids is 1. The molecule has 0 aliphatic carbocycles. The monoisotopic (exact) mass is 259 g/mol. The second kappa shape index (κ2) is 4.85. The number of aromatic nitrogens is 2. The van der Waals surface area contributed by atoms with E-state index in [9.17, 15) is 4.79 Å². The van der Waals surface area contributed by atoms with Gasteiger partial charge in [0, 0.05) is 16.7 Å². The summed E-state index contributed by atoms with van der Waals surface area (Å²) in [6.07, 6.45) is 0. The molecule has 0 bridgehead atoms. The smallest absolute Gasteiger partial charge is 0.321 e. The summed E-state index contributed by atoms with van der Waals surface area (Å²) in [7, 11) is 0. The molecule has 5 heteroatoms. The molecule has 1 atom stereocenters. The number of benzene rings is 1. The Hall–Kier alpha value is -2.14. The molecule has 2 aromatic rings. The van der Waals surface area contributed by atoms with Crippen LogP contribution in [0.25, 0.3) is 11.3 Å². The number of H-pyrrole nitrogens is 1. The van der Waals surface area contributed by atoms with Crippen LogP contribution in [0.5, 0.6) is 0 Å². The third-order valence-electron chi connectivity index (χ3n) is 3.39. The molecule has 0 spiro atoms. The number of hydrogen-bond donors (Lipinski definition) is 3. The van der Waals surface area contributed by atoms with E-state index in [1.807, 2.05) is 36.4 Å². The van der Waals surface area contributed by atoms with Crippen LogP contribution in [0.2, 0.25) is 0 Å². The highest BCUT2D eigenvalue weighted by Gasteiger charge is 2.35. The van der Waals surface area contributed by atoms with Crippen LogP contribution in [0.3, 0.4) is 0 Å². The molecule has 0 saturated carbocycles. The van der Waals surface area contributed by atoms with E-state index in [4.69, 9.17) is 10.8 Å². The zero-order valence-corrected chi connectivity index (χ0v) is 10.9. The number of rotatable bonds is 4. The first kappa shape index (κ1) is 13.3. The molecule has 0 aliphatic rings. The van der Waals surface area contributed by atoms with Crippen molar-refractivity contribution in [1.82, 2.24) is 10.2 Å². The van der Waals surface area contributed by atoms with E-state index in [-0.39, 0.29) is 0 Å². The van der Waals surface area contributed by atoms with Crippen LogP contribution in [0.4, 0.5) is 0 Å². The second-order valence-corrected chi connectivity index (χ2v) is 5.07. The van der Waals surface area contributed by atoms with E-state index < -0.39 is 17.4 Å².